The first-order valence-corrected chi connectivity index (χ1v) is 13.6. The number of rotatable bonds is 8. The second kappa shape index (κ2) is 12.2. The molecule has 5 rings (SSSR count). The Morgan fingerprint density at radius 1 is 0.860 bits per heavy atom. The zero-order valence-corrected chi connectivity index (χ0v) is 22.9. The molecule has 0 unspecified atom stereocenters. The van der Waals surface area contributed by atoms with E-state index in [-0.39, 0.29) is 33.6 Å². The van der Waals surface area contributed by atoms with Gasteiger partial charge in [-0.15, -0.1) is 0 Å². The van der Waals surface area contributed by atoms with Crippen LogP contribution in [-0.4, -0.2) is 46.7 Å². The summed E-state index contributed by atoms with van der Waals surface area (Å²) in [6, 6.07) is 14.4. The van der Waals surface area contributed by atoms with E-state index in [2.05, 4.69) is 15.5 Å². The minimum atomic E-state index is -4.49. The van der Waals surface area contributed by atoms with Gasteiger partial charge in [-0.3, -0.25) is 14.4 Å². The molecule has 0 aliphatic carbocycles. The number of carbonyl (C=O) groups excluding carboxylic acids is 2. The van der Waals surface area contributed by atoms with E-state index < -0.39 is 42.7 Å². The van der Waals surface area contributed by atoms with Crippen molar-refractivity contribution in [1.82, 2.24) is 4.57 Å². The Bertz CT molecular complexity index is 1690. The van der Waals surface area contributed by atoms with Gasteiger partial charge in [0.15, 0.2) is 0 Å². The van der Waals surface area contributed by atoms with Crippen LogP contribution in [0.15, 0.2) is 66.9 Å². The smallest absolute Gasteiger partial charge is 0.406 e. The molecule has 224 valence electrons. The van der Waals surface area contributed by atoms with Gasteiger partial charge < -0.3 is 25.2 Å². The summed E-state index contributed by atoms with van der Waals surface area (Å²) >= 11 is 0. The molecule has 1 saturated heterocycles. The van der Waals surface area contributed by atoms with Gasteiger partial charge in [0, 0.05) is 41.4 Å². The van der Waals surface area contributed by atoms with E-state index >= 15 is 0 Å². The molecule has 43 heavy (non-hydrogen) atoms. The van der Waals surface area contributed by atoms with E-state index in [0.29, 0.717) is 24.2 Å². The summed E-state index contributed by atoms with van der Waals surface area (Å²) in [5.74, 6) is -3.12. The van der Waals surface area contributed by atoms with Gasteiger partial charge in [0.2, 0.25) is 0 Å². The topological polar surface area (TPSA) is 104 Å². The number of nitrogens with one attached hydrogen (secondary N) is 2. The number of fused-ring (bicyclic) bond motifs is 1. The van der Waals surface area contributed by atoms with E-state index in [0.717, 1.165) is 36.0 Å². The second-order valence-electron chi connectivity index (χ2n) is 10.4. The molecule has 1 aliphatic rings. The average Bonchev–Trinajstić information content (AvgIpc) is 3.31. The van der Waals surface area contributed by atoms with Gasteiger partial charge in [-0.1, -0.05) is 18.2 Å². The summed E-state index contributed by atoms with van der Waals surface area (Å²) in [7, 11) is 0. The summed E-state index contributed by atoms with van der Waals surface area (Å²) in [5, 5.41) is 15.0. The van der Waals surface area contributed by atoms with Crippen molar-refractivity contribution in [3.05, 3.63) is 89.4 Å². The summed E-state index contributed by atoms with van der Waals surface area (Å²) < 4.78 is 54.5. The molecule has 2 heterocycles. The highest BCUT2D eigenvalue weighted by molar-refractivity contribution is 6.14. The maximum atomic E-state index is 13.8. The number of hydrogen-bond donors (Lipinski definition) is 3. The molecule has 0 bridgehead atoms. The number of amides is 2. The largest absolute Gasteiger partial charge is 0.481 e. The molecular weight excluding hydrogens is 568 g/mol. The zero-order chi connectivity index (χ0) is 30.7. The molecule has 8 nitrogen and oxygen atoms in total. The number of piperidine rings is 1. The fraction of sp³-hybridized carbons (Fsp3) is 0.258. The van der Waals surface area contributed by atoms with Gasteiger partial charge in [0.05, 0.1) is 23.4 Å². The molecule has 0 saturated carbocycles. The standard InChI is InChI=1S/C31H28F4N4O4/c32-21-9-10-24(20(14-21)16-28(40)41)36-29(42)19-8-11-27(38-12-4-1-5-13-38)25(15-19)37-30(43)23-17-39(18-31(33,34)35)26-7-3-2-6-22(23)26/h2-3,6-11,14-15,17H,1,4-5,12-13,16,18H2,(H,36,42)(H,37,43)(H,40,41). The lowest BCUT2D eigenvalue weighted by molar-refractivity contribution is -0.140. The summed E-state index contributed by atoms with van der Waals surface area (Å²) in [4.78, 5) is 40.2. The van der Waals surface area contributed by atoms with Gasteiger partial charge >= 0.3 is 12.1 Å². The van der Waals surface area contributed by atoms with Crippen molar-refractivity contribution in [3.63, 3.8) is 0 Å². The third-order valence-corrected chi connectivity index (χ3v) is 7.24. The van der Waals surface area contributed by atoms with Crippen LogP contribution in [0.1, 0.15) is 45.5 Å². The molecule has 0 radical (unpaired) electrons. The average molecular weight is 597 g/mol. The van der Waals surface area contributed by atoms with Crippen LogP contribution in [0.5, 0.6) is 0 Å². The van der Waals surface area contributed by atoms with Crippen molar-refractivity contribution in [2.45, 2.75) is 38.4 Å². The maximum absolute atomic E-state index is 13.8. The summed E-state index contributed by atoms with van der Waals surface area (Å²) in [6.45, 7) is 0.170. The number of nitrogens with zero attached hydrogens (tertiary/aromatic N) is 2. The number of hydrogen-bond acceptors (Lipinski definition) is 4. The van der Waals surface area contributed by atoms with Gasteiger partial charge in [0.25, 0.3) is 11.8 Å². The maximum Gasteiger partial charge on any atom is 0.406 e. The van der Waals surface area contributed by atoms with Crippen LogP contribution in [0.25, 0.3) is 10.9 Å². The van der Waals surface area contributed by atoms with Crippen molar-refractivity contribution in [2.24, 2.45) is 0 Å². The van der Waals surface area contributed by atoms with Crippen molar-refractivity contribution in [1.29, 1.82) is 0 Å². The van der Waals surface area contributed by atoms with Crippen LogP contribution < -0.4 is 15.5 Å². The third kappa shape index (κ3) is 6.96. The molecule has 1 aromatic heterocycles. The number of alkyl halides is 3. The van der Waals surface area contributed by atoms with Crippen molar-refractivity contribution >= 4 is 45.7 Å². The van der Waals surface area contributed by atoms with Crippen LogP contribution >= 0.6 is 0 Å². The molecule has 2 amide bonds. The lowest BCUT2D eigenvalue weighted by Crippen LogP contribution is -2.30. The molecule has 3 aromatic carbocycles. The summed E-state index contributed by atoms with van der Waals surface area (Å²) in [6.07, 6.45) is -0.927. The molecule has 3 N–H and O–H groups in total. The number of para-hydroxylation sites is 1. The van der Waals surface area contributed by atoms with Crippen molar-refractivity contribution < 1.29 is 37.1 Å². The van der Waals surface area contributed by atoms with Crippen molar-refractivity contribution in [2.75, 3.05) is 28.6 Å². The van der Waals surface area contributed by atoms with E-state index in [1.54, 1.807) is 30.3 Å². The van der Waals surface area contributed by atoms with Crippen LogP contribution in [0, 0.1) is 5.82 Å². The monoisotopic (exact) mass is 596 g/mol. The quantitative estimate of drug-likeness (QED) is 0.203. The van der Waals surface area contributed by atoms with Crippen molar-refractivity contribution in [3.8, 4) is 0 Å². The number of anilines is 3. The third-order valence-electron chi connectivity index (χ3n) is 7.24. The van der Waals surface area contributed by atoms with Gasteiger partial charge in [-0.2, -0.15) is 13.2 Å². The first-order chi connectivity index (χ1) is 20.5. The normalized spacial score (nSPS) is 13.6. The number of halogens is 4. The number of aliphatic carboxylic acids is 1. The molecule has 4 aromatic rings. The highest BCUT2D eigenvalue weighted by Crippen LogP contribution is 2.32. The molecule has 12 heteroatoms. The Morgan fingerprint density at radius 3 is 2.30 bits per heavy atom. The first kappa shape index (κ1) is 29.6. The predicted octanol–water partition coefficient (Wildman–Crippen LogP) is 6.46. The highest BCUT2D eigenvalue weighted by atomic mass is 19.4. The fourth-order valence-corrected chi connectivity index (χ4v) is 5.32. The highest BCUT2D eigenvalue weighted by Gasteiger charge is 2.30. The number of carboxylic acids is 1. The van der Waals surface area contributed by atoms with Crippen LogP contribution in [0.3, 0.4) is 0 Å². The molecule has 1 fully saturated rings. The molecule has 0 atom stereocenters. The number of aromatic nitrogens is 1. The first-order valence-electron chi connectivity index (χ1n) is 13.6. The van der Waals surface area contributed by atoms with E-state index in [9.17, 15) is 37.1 Å². The van der Waals surface area contributed by atoms with Gasteiger partial charge in [0.1, 0.15) is 12.4 Å². The van der Waals surface area contributed by atoms with Gasteiger partial charge in [-0.25, -0.2) is 4.39 Å². The Kier molecular flexibility index (Phi) is 8.38. The lowest BCUT2D eigenvalue weighted by Gasteiger charge is -2.30. The summed E-state index contributed by atoms with van der Waals surface area (Å²) in [5.41, 5.74) is 1.57. The number of carboxylic acid groups (broad SMARTS) is 1. The molecule has 1 aliphatic heterocycles. The minimum Gasteiger partial charge on any atom is -0.481 e. The SMILES string of the molecule is O=C(O)Cc1cc(F)ccc1NC(=O)c1ccc(N2CCCCC2)c(NC(=O)c2cn(CC(F)(F)F)c3ccccc23)c1. The van der Waals surface area contributed by atoms with E-state index in [1.807, 2.05) is 0 Å². The molecular formula is C31H28F4N4O4. The van der Waals surface area contributed by atoms with E-state index in [4.69, 9.17) is 0 Å². The Morgan fingerprint density at radius 2 is 1.58 bits per heavy atom. The second-order valence-corrected chi connectivity index (χ2v) is 10.4. The molecule has 0 spiro atoms. The van der Waals surface area contributed by atoms with E-state index in [1.165, 1.54) is 24.4 Å². The predicted molar refractivity (Wildman–Crippen MR) is 154 cm³/mol. The fourth-order valence-electron chi connectivity index (χ4n) is 5.32. The Hall–Kier alpha value is -4.87. The zero-order valence-electron chi connectivity index (χ0n) is 22.9. The minimum absolute atomic E-state index is 0.0453. The van der Waals surface area contributed by atoms with Crippen LogP contribution in [0.2, 0.25) is 0 Å². The van der Waals surface area contributed by atoms with Crippen LogP contribution in [0.4, 0.5) is 34.6 Å². The number of benzene rings is 3. The van der Waals surface area contributed by atoms with Crippen LogP contribution in [-0.2, 0) is 17.8 Å². The Balaban J connectivity index is 1.48. The lowest BCUT2D eigenvalue weighted by atomic mass is 10.1. The van der Waals surface area contributed by atoms with Gasteiger partial charge in [-0.05, 0) is 67.3 Å². The number of carbonyl (C=O) groups is 3. The Labute approximate surface area is 243 Å².